The molecule has 5 rings (SSSR count). The Morgan fingerprint density at radius 2 is 1.76 bits per heavy atom. The number of amides is 2. The van der Waals surface area contributed by atoms with E-state index < -0.39 is 0 Å². The van der Waals surface area contributed by atoms with Crippen LogP contribution in [0.15, 0.2) is 60.8 Å². The Hall–Kier alpha value is -2.28. The summed E-state index contributed by atoms with van der Waals surface area (Å²) in [5.74, 6) is 0. The molecule has 0 aliphatic carbocycles. The van der Waals surface area contributed by atoms with E-state index in [1.165, 1.54) is 0 Å². The molecular formula is C28H26Cl4N4O. The first-order chi connectivity index (χ1) is 17.8. The summed E-state index contributed by atoms with van der Waals surface area (Å²) in [4.78, 5) is 21.5. The molecule has 2 aliphatic heterocycles. The van der Waals surface area contributed by atoms with Crippen LogP contribution in [0.4, 0.5) is 10.5 Å². The number of likely N-dealkylation sites (tertiary alicyclic amines) is 1. The molecule has 192 valence electrons. The molecule has 1 spiro atoms. The Balaban J connectivity index is 1.28. The molecule has 0 bridgehead atoms. The van der Waals surface area contributed by atoms with Crippen LogP contribution in [0.5, 0.6) is 0 Å². The summed E-state index contributed by atoms with van der Waals surface area (Å²) >= 11 is 25.1. The van der Waals surface area contributed by atoms with Crippen molar-refractivity contribution in [2.24, 2.45) is 0 Å². The third-order valence-electron chi connectivity index (χ3n) is 7.15. The molecule has 5 nitrogen and oxygen atoms in total. The highest BCUT2D eigenvalue weighted by molar-refractivity contribution is 6.36. The van der Waals surface area contributed by atoms with Crippen molar-refractivity contribution in [3.8, 4) is 0 Å². The molecule has 1 aromatic heterocycles. The lowest BCUT2D eigenvalue weighted by atomic mass is 9.74. The summed E-state index contributed by atoms with van der Waals surface area (Å²) in [5.41, 5.74) is 3.62. The normalized spacial score (nSPS) is 16.9. The molecule has 0 unspecified atom stereocenters. The molecule has 2 amide bonds. The second-order valence-electron chi connectivity index (χ2n) is 9.55. The third-order valence-corrected chi connectivity index (χ3v) is 8.13. The molecule has 9 heteroatoms. The zero-order chi connectivity index (χ0) is 26.0. The summed E-state index contributed by atoms with van der Waals surface area (Å²) in [6.45, 7) is 3.60. The van der Waals surface area contributed by atoms with Crippen molar-refractivity contribution in [1.29, 1.82) is 0 Å². The lowest BCUT2D eigenvalue weighted by Crippen LogP contribution is -2.47. The molecule has 37 heavy (non-hydrogen) atoms. The van der Waals surface area contributed by atoms with Gasteiger partial charge < -0.3 is 5.32 Å². The standard InChI is InChI=1S/C28H26Cl4N4O/c29-21-5-3-19(4-6-21)2-1-11-35-12-8-28(9-13-35)18-36(24-16-22(30)15-23(31)26(24)28)27(37)34-17-20-7-10-33-25(32)14-20/h1-7,10,14-16H,8-9,11-13,17-18H2,(H,34,37). The van der Waals surface area contributed by atoms with Crippen LogP contribution in [0.3, 0.4) is 0 Å². The van der Waals surface area contributed by atoms with Gasteiger partial charge in [0.25, 0.3) is 0 Å². The van der Waals surface area contributed by atoms with Gasteiger partial charge >= 0.3 is 6.03 Å². The number of hydrogen-bond acceptors (Lipinski definition) is 3. The molecule has 1 N–H and O–H groups in total. The van der Waals surface area contributed by atoms with Crippen molar-refractivity contribution in [2.75, 3.05) is 31.1 Å². The van der Waals surface area contributed by atoms with Gasteiger partial charge in [-0.2, -0.15) is 0 Å². The van der Waals surface area contributed by atoms with Crippen molar-refractivity contribution < 1.29 is 4.79 Å². The lowest BCUT2D eigenvalue weighted by Gasteiger charge is -2.39. The monoisotopic (exact) mass is 574 g/mol. The van der Waals surface area contributed by atoms with Crippen molar-refractivity contribution in [1.82, 2.24) is 15.2 Å². The van der Waals surface area contributed by atoms with Gasteiger partial charge in [0.05, 0.1) is 5.69 Å². The van der Waals surface area contributed by atoms with E-state index in [1.54, 1.807) is 23.2 Å². The number of fused-ring (bicyclic) bond motifs is 2. The number of aromatic nitrogens is 1. The summed E-state index contributed by atoms with van der Waals surface area (Å²) in [7, 11) is 0. The summed E-state index contributed by atoms with van der Waals surface area (Å²) < 4.78 is 0. The average Bonchev–Trinajstić information content (AvgIpc) is 3.19. The molecule has 3 aromatic rings. The number of anilines is 1. The maximum atomic E-state index is 13.3. The lowest BCUT2D eigenvalue weighted by molar-refractivity contribution is 0.180. The van der Waals surface area contributed by atoms with Crippen LogP contribution in [0, 0.1) is 0 Å². The fourth-order valence-corrected chi connectivity index (χ4v) is 6.26. The minimum absolute atomic E-state index is 0.183. The molecule has 1 fully saturated rings. The van der Waals surface area contributed by atoms with E-state index in [1.807, 2.05) is 36.4 Å². The molecule has 1 saturated heterocycles. The number of nitrogens with zero attached hydrogens (tertiary/aromatic N) is 3. The second kappa shape index (κ2) is 11.2. The van der Waals surface area contributed by atoms with E-state index in [4.69, 9.17) is 46.4 Å². The van der Waals surface area contributed by atoms with Gasteiger partial charge in [0.2, 0.25) is 0 Å². The van der Waals surface area contributed by atoms with Gasteiger partial charge in [-0.1, -0.05) is 70.7 Å². The predicted octanol–water partition coefficient (Wildman–Crippen LogP) is 7.47. The SMILES string of the molecule is O=C(NCc1ccnc(Cl)c1)N1CC2(CCN(CC=Cc3ccc(Cl)cc3)CC2)c2c(Cl)cc(Cl)cc21. The number of rotatable bonds is 5. The number of piperidine rings is 1. The van der Waals surface area contributed by atoms with Crippen molar-refractivity contribution in [2.45, 2.75) is 24.8 Å². The largest absolute Gasteiger partial charge is 0.334 e. The second-order valence-corrected chi connectivity index (χ2v) is 11.2. The average molecular weight is 576 g/mol. The number of carbonyl (C=O) groups excluding carboxylic acids is 1. The maximum absolute atomic E-state index is 13.3. The number of carbonyl (C=O) groups is 1. The fourth-order valence-electron chi connectivity index (χ4n) is 5.26. The third kappa shape index (κ3) is 5.92. The predicted molar refractivity (Wildman–Crippen MR) is 153 cm³/mol. The first-order valence-electron chi connectivity index (χ1n) is 12.1. The van der Waals surface area contributed by atoms with Gasteiger partial charge in [0, 0.05) is 51.9 Å². The fraction of sp³-hybridized carbons (Fsp3) is 0.286. The number of nitrogens with one attached hydrogen (secondary N) is 1. The highest BCUT2D eigenvalue weighted by Gasteiger charge is 2.47. The number of pyridine rings is 1. The smallest absolute Gasteiger partial charge is 0.322 e. The molecule has 0 saturated carbocycles. The summed E-state index contributed by atoms with van der Waals surface area (Å²) in [6.07, 6.45) is 7.73. The quantitative estimate of drug-likeness (QED) is 0.321. The number of hydrogen-bond donors (Lipinski definition) is 1. The van der Waals surface area contributed by atoms with E-state index in [9.17, 15) is 4.79 Å². The Morgan fingerprint density at radius 1 is 1.00 bits per heavy atom. The highest BCUT2D eigenvalue weighted by Crippen LogP contribution is 2.51. The van der Waals surface area contributed by atoms with Crippen molar-refractivity contribution >= 4 is 64.2 Å². The van der Waals surface area contributed by atoms with Crippen LogP contribution in [0.1, 0.15) is 29.5 Å². The minimum atomic E-state index is -0.204. The van der Waals surface area contributed by atoms with Crippen LogP contribution >= 0.6 is 46.4 Å². The topological polar surface area (TPSA) is 48.5 Å². The Labute approximate surface area is 237 Å². The zero-order valence-corrected chi connectivity index (χ0v) is 23.1. The zero-order valence-electron chi connectivity index (χ0n) is 20.1. The van der Waals surface area contributed by atoms with Crippen LogP contribution in [0.25, 0.3) is 6.08 Å². The minimum Gasteiger partial charge on any atom is -0.334 e. The number of benzene rings is 2. The number of halogens is 4. The van der Waals surface area contributed by atoms with Crippen molar-refractivity contribution in [3.63, 3.8) is 0 Å². The Bertz CT molecular complexity index is 1320. The molecule has 2 aromatic carbocycles. The number of urea groups is 1. The summed E-state index contributed by atoms with van der Waals surface area (Å²) in [5, 5.41) is 5.28. The first-order valence-corrected chi connectivity index (χ1v) is 13.6. The molecule has 2 aliphatic rings. The van der Waals surface area contributed by atoms with Crippen LogP contribution in [-0.4, -0.2) is 42.1 Å². The van der Waals surface area contributed by atoms with Gasteiger partial charge in [-0.3, -0.25) is 9.80 Å². The maximum Gasteiger partial charge on any atom is 0.322 e. The van der Waals surface area contributed by atoms with Gasteiger partial charge in [0.15, 0.2) is 0 Å². The van der Waals surface area contributed by atoms with E-state index in [2.05, 4.69) is 27.4 Å². The van der Waals surface area contributed by atoms with Crippen molar-refractivity contribution in [3.05, 3.63) is 97.7 Å². The summed E-state index contributed by atoms with van der Waals surface area (Å²) in [6, 6.07) is 14.8. The Kier molecular flexibility index (Phi) is 7.99. The molecule has 0 atom stereocenters. The Morgan fingerprint density at radius 3 is 2.49 bits per heavy atom. The van der Waals surface area contributed by atoms with Crippen LogP contribution in [-0.2, 0) is 12.0 Å². The van der Waals surface area contributed by atoms with E-state index in [0.29, 0.717) is 28.3 Å². The van der Waals surface area contributed by atoms with Gasteiger partial charge in [-0.05, 0) is 73.5 Å². The van der Waals surface area contributed by atoms with Crippen LogP contribution < -0.4 is 10.2 Å². The van der Waals surface area contributed by atoms with Gasteiger partial charge in [-0.15, -0.1) is 0 Å². The van der Waals surface area contributed by atoms with Gasteiger partial charge in [-0.25, -0.2) is 9.78 Å². The molecule has 3 heterocycles. The van der Waals surface area contributed by atoms with E-state index in [-0.39, 0.29) is 11.4 Å². The van der Waals surface area contributed by atoms with E-state index in [0.717, 1.165) is 59.9 Å². The van der Waals surface area contributed by atoms with Gasteiger partial charge in [0.1, 0.15) is 5.15 Å². The highest BCUT2D eigenvalue weighted by atomic mass is 35.5. The first kappa shape index (κ1) is 26.3. The molecular weight excluding hydrogens is 550 g/mol. The van der Waals surface area contributed by atoms with Crippen LogP contribution in [0.2, 0.25) is 20.2 Å². The van der Waals surface area contributed by atoms with E-state index >= 15 is 0 Å². The molecule has 0 radical (unpaired) electrons.